The summed E-state index contributed by atoms with van der Waals surface area (Å²) in [6.07, 6.45) is 0. The number of primary amides is 1. The molecule has 0 fully saturated rings. The molecule has 1 rings (SSSR count). The molecule has 8 heteroatoms. The van der Waals surface area contributed by atoms with Gasteiger partial charge in [-0.1, -0.05) is 0 Å². The van der Waals surface area contributed by atoms with Gasteiger partial charge in [-0.3, -0.25) is 4.79 Å². The Bertz CT molecular complexity index is 500. The molecule has 1 aromatic rings. The number of ether oxygens (including phenoxy) is 1. The first-order valence-electron chi connectivity index (χ1n) is 5.59. The van der Waals surface area contributed by atoms with Crippen LogP contribution in [0.5, 0.6) is 5.75 Å². The molecule has 0 aliphatic rings. The molecule has 7 nitrogen and oxygen atoms in total. The van der Waals surface area contributed by atoms with E-state index in [-0.39, 0.29) is 18.3 Å². The average Bonchev–Trinajstić information content (AvgIpc) is 2.29. The van der Waals surface area contributed by atoms with Gasteiger partial charge in [0, 0.05) is 11.8 Å². The Labute approximate surface area is 123 Å². The molecular weight excluding hydrogens is 284 g/mol. The zero-order chi connectivity index (χ0) is 14.6. The van der Waals surface area contributed by atoms with Crippen LogP contribution in [0.3, 0.4) is 0 Å². The lowest BCUT2D eigenvalue weighted by atomic mass is 10.1. The van der Waals surface area contributed by atoms with Crippen LogP contribution in [-0.4, -0.2) is 24.6 Å². The molecule has 0 heterocycles. The van der Waals surface area contributed by atoms with Crippen molar-refractivity contribution in [2.45, 2.75) is 19.4 Å². The van der Waals surface area contributed by atoms with Crippen LogP contribution in [-0.2, 0) is 4.79 Å². The molecular formula is C12H19ClN4O3. The number of carbonyl (C=O) groups is 2. The molecule has 3 amide bonds. The molecule has 0 aliphatic carbocycles. The molecule has 0 atom stereocenters. The first-order valence-corrected chi connectivity index (χ1v) is 5.59. The van der Waals surface area contributed by atoms with Gasteiger partial charge >= 0.3 is 6.03 Å². The lowest BCUT2D eigenvalue weighted by molar-refractivity contribution is -0.120. The van der Waals surface area contributed by atoms with Crippen molar-refractivity contribution in [2.75, 3.05) is 17.7 Å². The van der Waals surface area contributed by atoms with Crippen LogP contribution in [0.4, 0.5) is 16.2 Å². The number of hydrogen-bond acceptors (Lipinski definition) is 4. The van der Waals surface area contributed by atoms with E-state index in [2.05, 4.69) is 10.6 Å². The van der Waals surface area contributed by atoms with Crippen molar-refractivity contribution in [1.82, 2.24) is 0 Å². The molecule has 0 spiro atoms. The third-order valence-electron chi connectivity index (χ3n) is 2.30. The fraction of sp³-hybridized carbons (Fsp3) is 0.333. The maximum atomic E-state index is 11.7. The van der Waals surface area contributed by atoms with Crippen molar-refractivity contribution in [3.8, 4) is 5.75 Å². The number of benzene rings is 1. The number of urea groups is 1. The minimum absolute atomic E-state index is 0. The van der Waals surface area contributed by atoms with Gasteiger partial charge in [0.15, 0.2) is 0 Å². The number of nitrogens with two attached hydrogens (primary N) is 2. The monoisotopic (exact) mass is 302 g/mol. The Morgan fingerprint density at radius 3 is 2.30 bits per heavy atom. The number of nitrogens with one attached hydrogen (secondary N) is 2. The second-order valence-electron chi connectivity index (χ2n) is 4.58. The smallest absolute Gasteiger partial charge is 0.316 e. The first kappa shape index (κ1) is 18.0. The standard InChI is InChI=1S/C12H18N4O3.ClH/c1-12(2,14)10(17)15-7-4-5-8(16-11(13)18)9(6-7)19-3;/h4-6H,14H2,1-3H3,(H,15,17)(H3,13,16,18);1H. The lowest BCUT2D eigenvalue weighted by Crippen LogP contribution is -2.45. The van der Waals surface area contributed by atoms with Gasteiger partial charge in [-0.05, 0) is 26.0 Å². The van der Waals surface area contributed by atoms with Crippen molar-refractivity contribution in [3.63, 3.8) is 0 Å². The van der Waals surface area contributed by atoms with Crippen LogP contribution in [0.1, 0.15) is 13.8 Å². The Morgan fingerprint density at radius 2 is 1.85 bits per heavy atom. The van der Waals surface area contributed by atoms with Crippen LogP contribution in [0.15, 0.2) is 18.2 Å². The van der Waals surface area contributed by atoms with Crippen molar-refractivity contribution < 1.29 is 14.3 Å². The van der Waals surface area contributed by atoms with Crippen LogP contribution >= 0.6 is 12.4 Å². The molecule has 6 N–H and O–H groups in total. The fourth-order valence-electron chi connectivity index (χ4n) is 1.30. The Balaban J connectivity index is 0.00000361. The molecule has 0 unspecified atom stereocenters. The number of hydrogen-bond donors (Lipinski definition) is 4. The second kappa shape index (κ2) is 6.97. The summed E-state index contributed by atoms with van der Waals surface area (Å²) < 4.78 is 5.10. The molecule has 0 saturated heterocycles. The van der Waals surface area contributed by atoms with E-state index in [0.717, 1.165) is 0 Å². The number of rotatable bonds is 4. The first-order chi connectivity index (χ1) is 8.74. The van der Waals surface area contributed by atoms with Crippen molar-refractivity contribution in [3.05, 3.63) is 18.2 Å². The van der Waals surface area contributed by atoms with E-state index in [4.69, 9.17) is 16.2 Å². The summed E-state index contributed by atoms with van der Waals surface area (Å²) in [4.78, 5) is 22.5. The van der Waals surface area contributed by atoms with Gasteiger partial charge in [0.1, 0.15) is 5.75 Å². The maximum absolute atomic E-state index is 11.7. The minimum atomic E-state index is -0.989. The van der Waals surface area contributed by atoms with Gasteiger partial charge in [0.25, 0.3) is 0 Å². The zero-order valence-corrected chi connectivity index (χ0v) is 12.3. The SMILES string of the molecule is COc1cc(NC(=O)C(C)(C)N)ccc1NC(N)=O.Cl. The van der Waals surface area contributed by atoms with E-state index in [1.807, 2.05) is 0 Å². The van der Waals surface area contributed by atoms with Crippen molar-refractivity contribution >= 4 is 35.7 Å². The fourth-order valence-corrected chi connectivity index (χ4v) is 1.30. The Kier molecular flexibility index (Phi) is 6.28. The van der Waals surface area contributed by atoms with Gasteiger partial charge in [-0.15, -0.1) is 12.4 Å². The van der Waals surface area contributed by atoms with Crippen molar-refractivity contribution in [2.24, 2.45) is 11.5 Å². The van der Waals surface area contributed by atoms with Crippen LogP contribution in [0.2, 0.25) is 0 Å². The Hall–Kier alpha value is -1.99. The van der Waals surface area contributed by atoms with Gasteiger partial charge < -0.3 is 26.8 Å². The average molecular weight is 303 g/mol. The van der Waals surface area contributed by atoms with Crippen LogP contribution < -0.4 is 26.8 Å². The molecule has 1 aromatic carbocycles. The summed E-state index contributed by atoms with van der Waals surface area (Å²) in [5, 5.41) is 5.06. The highest BCUT2D eigenvalue weighted by Gasteiger charge is 2.22. The van der Waals surface area contributed by atoms with E-state index in [1.54, 1.807) is 32.0 Å². The predicted molar refractivity (Wildman–Crippen MR) is 80.3 cm³/mol. The number of amides is 3. The molecule has 20 heavy (non-hydrogen) atoms. The van der Waals surface area contributed by atoms with Gasteiger partial charge in [0.2, 0.25) is 5.91 Å². The highest BCUT2D eigenvalue weighted by atomic mass is 35.5. The quantitative estimate of drug-likeness (QED) is 0.669. The number of carbonyl (C=O) groups excluding carboxylic acids is 2. The maximum Gasteiger partial charge on any atom is 0.316 e. The van der Waals surface area contributed by atoms with Gasteiger partial charge in [-0.25, -0.2) is 4.79 Å². The largest absolute Gasteiger partial charge is 0.494 e. The van der Waals surface area contributed by atoms with E-state index < -0.39 is 11.6 Å². The molecule has 0 aromatic heterocycles. The van der Waals surface area contributed by atoms with E-state index in [1.165, 1.54) is 7.11 Å². The predicted octanol–water partition coefficient (Wildman–Crippen LogP) is 1.28. The van der Waals surface area contributed by atoms with Gasteiger partial charge in [0.05, 0.1) is 18.3 Å². The second-order valence-corrected chi connectivity index (χ2v) is 4.58. The number of anilines is 2. The summed E-state index contributed by atoms with van der Waals surface area (Å²) in [6.45, 7) is 3.20. The third kappa shape index (κ3) is 4.94. The van der Waals surface area contributed by atoms with Crippen LogP contribution in [0, 0.1) is 0 Å². The molecule has 0 aliphatic heterocycles. The van der Waals surface area contributed by atoms with Gasteiger partial charge in [-0.2, -0.15) is 0 Å². The topological polar surface area (TPSA) is 119 Å². The summed E-state index contributed by atoms with van der Waals surface area (Å²) in [6, 6.07) is 4.05. The molecule has 0 saturated carbocycles. The summed E-state index contributed by atoms with van der Waals surface area (Å²) in [7, 11) is 1.44. The van der Waals surface area contributed by atoms with Crippen LogP contribution in [0.25, 0.3) is 0 Å². The molecule has 0 bridgehead atoms. The van der Waals surface area contributed by atoms with E-state index in [0.29, 0.717) is 17.1 Å². The third-order valence-corrected chi connectivity index (χ3v) is 2.30. The molecule has 0 radical (unpaired) electrons. The minimum Gasteiger partial charge on any atom is -0.494 e. The summed E-state index contributed by atoms with van der Waals surface area (Å²) in [5.41, 5.74) is 10.6. The normalized spacial score (nSPS) is 10.2. The van der Waals surface area contributed by atoms with E-state index in [9.17, 15) is 9.59 Å². The molecule has 112 valence electrons. The zero-order valence-electron chi connectivity index (χ0n) is 11.5. The van der Waals surface area contributed by atoms with Crippen molar-refractivity contribution in [1.29, 1.82) is 0 Å². The summed E-state index contributed by atoms with van der Waals surface area (Å²) >= 11 is 0. The highest BCUT2D eigenvalue weighted by Crippen LogP contribution is 2.28. The Morgan fingerprint density at radius 1 is 1.25 bits per heavy atom. The summed E-state index contributed by atoms with van der Waals surface area (Å²) in [5.74, 6) is 0.0524. The number of methoxy groups -OCH3 is 1. The lowest BCUT2D eigenvalue weighted by Gasteiger charge is -2.18. The van der Waals surface area contributed by atoms with E-state index >= 15 is 0 Å². The highest BCUT2D eigenvalue weighted by molar-refractivity contribution is 5.98. The number of halogens is 1.